The van der Waals surface area contributed by atoms with Crippen LogP contribution >= 0.6 is 11.8 Å². The zero-order chi connectivity index (χ0) is 13.2. The molecule has 1 atom stereocenters. The Morgan fingerprint density at radius 3 is 2.05 bits per heavy atom. The molecule has 98 valence electrons. The molecule has 1 N–H and O–H groups in total. The van der Waals surface area contributed by atoms with Gasteiger partial charge < -0.3 is 10.0 Å². The standard InChI is InChI=1S/C16H17NOS/c1-12(18)10-11-17-13-6-2-4-8-15(13)19-16-9-5-3-7-14(16)17/h2-9,12,18H,10-11H2,1H3. The molecule has 1 unspecified atom stereocenters. The summed E-state index contributed by atoms with van der Waals surface area (Å²) in [6.07, 6.45) is 0.502. The zero-order valence-corrected chi connectivity index (χ0v) is 11.7. The lowest BCUT2D eigenvalue weighted by Crippen LogP contribution is -2.24. The second-order valence-electron chi connectivity index (χ2n) is 4.83. The van der Waals surface area contributed by atoms with Gasteiger partial charge in [0.25, 0.3) is 0 Å². The fourth-order valence-electron chi connectivity index (χ4n) is 2.34. The van der Waals surface area contributed by atoms with E-state index in [1.807, 2.05) is 18.7 Å². The van der Waals surface area contributed by atoms with Crippen molar-refractivity contribution in [2.75, 3.05) is 11.4 Å². The molecule has 1 aliphatic heterocycles. The lowest BCUT2D eigenvalue weighted by atomic mass is 10.2. The fraction of sp³-hybridized carbons (Fsp3) is 0.250. The Morgan fingerprint density at radius 2 is 1.53 bits per heavy atom. The first-order chi connectivity index (χ1) is 9.25. The average Bonchev–Trinajstić information content (AvgIpc) is 2.43. The van der Waals surface area contributed by atoms with Gasteiger partial charge >= 0.3 is 0 Å². The van der Waals surface area contributed by atoms with Gasteiger partial charge in [-0.1, -0.05) is 36.0 Å². The number of rotatable bonds is 3. The van der Waals surface area contributed by atoms with E-state index in [0.29, 0.717) is 0 Å². The number of fused-ring (bicyclic) bond motifs is 2. The Hall–Kier alpha value is -1.45. The van der Waals surface area contributed by atoms with E-state index < -0.39 is 0 Å². The van der Waals surface area contributed by atoms with Crippen LogP contribution in [0.2, 0.25) is 0 Å². The van der Waals surface area contributed by atoms with Crippen molar-refractivity contribution in [2.45, 2.75) is 29.2 Å². The number of hydrogen-bond acceptors (Lipinski definition) is 3. The Morgan fingerprint density at radius 1 is 1.00 bits per heavy atom. The Labute approximate surface area is 118 Å². The van der Waals surface area contributed by atoms with Crippen molar-refractivity contribution in [3.05, 3.63) is 48.5 Å². The number of anilines is 2. The van der Waals surface area contributed by atoms with Gasteiger partial charge in [0.2, 0.25) is 0 Å². The minimum absolute atomic E-state index is 0.270. The summed E-state index contributed by atoms with van der Waals surface area (Å²) >= 11 is 1.82. The van der Waals surface area contributed by atoms with E-state index in [1.165, 1.54) is 21.2 Å². The van der Waals surface area contributed by atoms with Crippen LogP contribution in [0.4, 0.5) is 11.4 Å². The maximum Gasteiger partial charge on any atom is 0.0552 e. The highest BCUT2D eigenvalue weighted by molar-refractivity contribution is 7.99. The highest BCUT2D eigenvalue weighted by Gasteiger charge is 2.22. The molecule has 1 heterocycles. The SMILES string of the molecule is CC(O)CCN1c2ccccc2Sc2ccccc21. The van der Waals surface area contributed by atoms with Gasteiger partial charge in [-0.05, 0) is 37.6 Å². The van der Waals surface area contributed by atoms with Crippen LogP contribution in [0.25, 0.3) is 0 Å². The monoisotopic (exact) mass is 271 g/mol. The summed E-state index contributed by atoms with van der Waals surface area (Å²) in [6, 6.07) is 16.9. The second kappa shape index (κ2) is 5.27. The largest absolute Gasteiger partial charge is 0.393 e. The molecule has 0 aliphatic carbocycles. The van der Waals surface area contributed by atoms with Gasteiger partial charge in [-0.15, -0.1) is 0 Å². The predicted octanol–water partition coefficient (Wildman–Crippen LogP) is 4.06. The molecule has 0 saturated carbocycles. The van der Waals surface area contributed by atoms with Crippen molar-refractivity contribution < 1.29 is 5.11 Å². The lowest BCUT2D eigenvalue weighted by Gasteiger charge is -2.33. The van der Waals surface area contributed by atoms with Crippen LogP contribution in [0.1, 0.15) is 13.3 Å². The third-order valence-electron chi connectivity index (χ3n) is 3.30. The van der Waals surface area contributed by atoms with Crippen LogP contribution in [0, 0.1) is 0 Å². The van der Waals surface area contributed by atoms with E-state index >= 15 is 0 Å². The molecule has 3 heteroatoms. The normalized spacial score (nSPS) is 14.7. The van der Waals surface area contributed by atoms with Gasteiger partial charge in [0.05, 0.1) is 17.5 Å². The first-order valence-electron chi connectivity index (χ1n) is 6.57. The maximum absolute atomic E-state index is 9.55. The van der Waals surface area contributed by atoms with Crippen LogP contribution in [-0.2, 0) is 0 Å². The molecule has 0 amide bonds. The Balaban J connectivity index is 2.01. The molecule has 0 fully saturated rings. The molecule has 0 radical (unpaired) electrons. The van der Waals surface area contributed by atoms with E-state index in [0.717, 1.165) is 13.0 Å². The van der Waals surface area contributed by atoms with Crippen molar-refractivity contribution in [3.63, 3.8) is 0 Å². The van der Waals surface area contributed by atoms with Gasteiger partial charge in [0.1, 0.15) is 0 Å². The second-order valence-corrected chi connectivity index (χ2v) is 5.91. The number of aliphatic hydroxyl groups is 1. The summed E-state index contributed by atoms with van der Waals surface area (Å²) in [4.78, 5) is 4.88. The summed E-state index contributed by atoms with van der Waals surface area (Å²) in [5.41, 5.74) is 2.48. The van der Waals surface area contributed by atoms with Crippen molar-refractivity contribution in [3.8, 4) is 0 Å². The fourth-order valence-corrected chi connectivity index (χ4v) is 3.43. The summed E-state index contributed by atoms with van der Waals surface area (Å²) in [6.45, 7) is 2.68. The zero-order valence-electron chi connectivity index (χ0n) is 10.9. The average molecular weight is 271 g/mol. The van der Waals surface area contributed by atoms with Crippen LogP contribution in [0.3, 0.4) is 0 Å². The lowest BCUT2D eigenvalue weighted by molar-refractivity contribution is 0.187. The first kappa shape index (κ1) is 12.6. The van der Waals surface area contributed by atoms with Crippen LogP contribution in [0.5, 0.6) is 0 Å². The molecular weight excluding hydrogens is 254 g/mol. The number of benzene rings is 2. The molecule has 0 bridgehead atoms. The summed E-state index contributed by atoms with van der Waals surface area (Å²) in [5.74, 6) is 0. The molecule has 0 spiro atoms. The highest BCUT2D eigenvalue weighted by atomic mass is 32.2. The molecule has 2 nitrogen and oxygen atoms in total. The molecule has 2 aromatic carbocycles. The molecular formula is C16H17NOS. The third-order valence-corrected chi connectivity index (χ3v) is 4.43. The molecule has 1 aliphatic rings. The molecule has 19 heavy (non-hydrogen) atoms. The topological polar surface area (TPSA) is 23.5 Å². The van der Waals surface area contributed by atoms with E-state index in [4.69, 9.17) is 0 Å². The van der Waals surface area contributed by atoms with Crippen molar-refractivity contribution in [1.82, 2.24) is 0 Å². The minimum atomic E-state index is -0.270. The third kappa shape index (κ3) is 2.48. The molecule has 0 aromatic heterocycles. The van der Waals surface area contributed by atoms with Gasteiger partial charge in [-0.3, -0.25) is 0 Å². The Kier molecular flexibility index (Phi) is 3.49. The first-order valence-corrected chi connectivity index (χ1v) is 7.39. The van der Waals surface area contributed by atoms with Crippen LogP contribution < -0.4 is 4.90 Å². The van der Waals surface area contributed by atoms with E-state index in [9.17, 15) is 5.11 Å². The maximum atomic E-state index is 9.55. The summed E-state index contributed by atoms with van der Waals surface area (Å²) in [7, 11) is 0. The smallest absolute Gasteiger partial charge is 0.0552 e. The summed E-state index contributed by atoms with van der Waals surface area (Å²) < 4.78 is 0. The van der Waals surface area contributed by atoms with Crippen LogP contribution in [0.15, 0.2) is 58.3 Å². The number of aliphatic hydroxyl groups excluding tert-OH is 1. The van der Waals surface area contributed by atoms with Gasteiger partial charge in [-0.2, -0.15) is 0 Å². The van der Waals surface area contributed by atoms with E-state index in [2.05, 4.69) is 53.4 Å². The Bertz CT molecular complexity index is 537. The van der Waals surface area contributed by atoms with Crippen molar-refractivity contribution in [1.29, 1.82) is 0 Å². The number of hydrogen-bond donors (Lipinski definition) is 1. The van der Waals surface area contributed by atoms with Gasteiger partial charge in [0, 0.05) is 16.3 Å². The quantitative estimate of drug-likeness (QED) is 0.910. The minimum Gasteiger partial charge on any atom is -0.393 e. The van der Waals surface area contributed by atoms with Crippen molar-refractivity contribution in [2.24, 2.45) is 0 Å². The van der Waals surface area contributed by atoms with Crippen LogP contribution in [-0.4, -0.2) is 17.8 Å². The van der Waals surface area contributed by atoms with Crippen molar-refractivity contribution >= 4 is 23.1 Å². The van der Waals surface area contributed by atoms with E-state index in [1.54, 1.807) is 0 Å². The summed E-state index contributed by atoms with van der Waals surface area (Å²) in [5, 5.41) is 9.55. The molecule has 0 saturated heterocycles. The molecule has 2 aromatic rings. The van der Waals surface area contributed by atoms with Gasteiger partial charge in [-0.25, -0.2) is 0 Å². The van der Waals surface area contributed by atoms with Gasteiger partial charge in [0.15, 0.2) is 0 Å². The number of para-hydroxylation sites is 2. The highest BCUT2D eigenvalue weighted by Crippen LogP contribution is 2.47. The number of nitrogens with zero attached hydrogens (tertiary/aromatic N) is 1. The van der Waals surface area contributed by atoms with E-state index in [-0.39, 0.29) is 6.10 Å². The molecule has 3 rings (SSSR count). The predicted molar refractivity (Wildman–Crippen MR) is 80.3 cm³/mol.